The van der Waals surface area contributed by atoms with Crippen LogP contribution in [0.3, 0.4) is 0 Å². The monoisotopic (exact) mass is 561 g/mol. The van der Waals surface area contributed by atoms with E-state index in [0.717, 1.165) is 33.6 Å². The van der Waals surface area contributed by atoms with Crippen LogP contribution in [0.15, 0.2) is 47.8 Å². The zero-order valence-electron chi connectivity index (χ0n) is 20.1. The molecule has 39 heavy (non-hydrogen) atoms. The van der Waals surface area contributed by atoms with Gasteiger partial charge in [-0.05, 0) is 61.1 Å². The highest BCUT2D eigenvalue weighted by molar-refractivity contribution is 7.89. The first-order chi connectivity index (χ1) is 18.6. The molecule has 2 saturated carbocycles. The summed E-state index contributed by atoms with van der Waals surface area (Å²) in [5.74, 6) is -11.2. The highest BCUT2D eigenvalue weighted by Crippen LogP contribution is 2.37. The number of halogens is 5. The molecule has 0 bridgehead atoms. The van der Waals surface area contributed by atoms with Crippen molar-refractivity contribution in [2.24, 2.45) is 0 Å². The molecule has 0 spiro atoms. The molecule has 0 radical (unpaired) electrons. The van der Waals surface area contributed by atoms with Crippen LogP contribution in [-0.4, -0.2) is 39.8 Å². The number of fused-ring (bicyclic) bond motifs is 1. The van der Waals surface area contributed by atoms with E-state index in [2.05, 4.69) is 20.3 Å². The Kier molecular flexibility index (Phi) is 6.22. The van der Waals surface area contributed by atoms with Crippen LogP contribution >= 0.6 is 0 Å². The molecule has 4 aromatic rings. The number of benzene rings is 2. The number of sulfonamides is 1. The van der Waals surface area contributed by atoms with Crippen LogP contribution in [-0.2, 0) is 16.6 Å². The minimum atomic E-state index is -5.10. The number of nitrogens with one attached hydrogen (secondary N) is 1. The van der Waals surface area contributed by atoms with Crippen molar-refractivity contribution in [2.45, 2.75) is 49.2 Å². The van der Waals surface area contributed by atoms with Gasteiger partial charge in [0.1, 0.15) is 12.1 Å². The van der Waals surface area contributed by atoms with Crippen LogP contribution in [0.2, 0.25) is 0 Å². The molecule has 7 nitrogen and oxygen atoms in total. The molecular formula is C26H20F5N5O2S. The van der Waals surface area contributed by atoms with E-state index in [-0.39, 0.29) is 5.69 Å². The van der Waals surface area contributed by atoms with Crippen LogP contribution in [0, 0.1) is 29.1 Å². The van der Waals surface area contributed by atoms with Crippen molar-refractivity contribution in [3.05, 3.63) is 77.6 Å². The van der Waals surface area contributed by atoms with Gasteiger partial charge in [0, 0.05) is 23.7 Å². The van der Waals surface area contributed by atoms with E-state index in [1.165, 1.54) is 12.5 Å². The van der Waals surface area contributed by atoms with Crippen molar-refractivity contribution in [2.75, 3.05) is 5.32 Å². The molecule has 0 atom stereocenters. The zero-order chi connectivity index (χ0) is 27.5. The van der Waals surface area contributed by atoms with Gasteiger partial charge in [-0.15, -0.1) is 0 Å². The molecule has 2 aliphatic carbocycles. The molecule has 2 fully saturated rings. The molecule has 0 aliphatic heterocycles. The summed E-state index contributed by atoms with van der Waals surface area (Å²) >= 11 is 0. The lowest BCUT2D eigenvalue weighted by atomic mass is 10.0. The van der Waals surface area contributed by atoms with Gasteiger partial charge in [-0.2, -0.15) is 4.31 Å². The van der Waals surface area contributed by atoms with Crippen molar-refractivity contribution >= 4 is 26.7 Å². The van der Waals surface area contributed by atoms with Gasteiger partial charge < -0.3 is 5.32 Å². The second kappa shape index (κ2) is 9.49. The van der Waals surface area contributed by atoms with Crippen LogP contribution in [0.5, 0.6) is 0 Å². The van der Waals surface area contributed by atoms with Crippen LogP contribution in [0.1, 0.15) is 31.4 Å². The zero-order valence-corrected chi connectivity index (χ0v) is 21.0. The summed E-state index contributed by atoms with van der Waals surface area (Å²) in [6.07, 6.45) is 5.80. The standard InChI is InChI=1S/C26H20F5N5O2S/c27-20-21(28)23(30)25(24(31)22(20)29)39(37,38)36(17-4-5-17)11-16-9-14(7-8-32-16)13-1-6-19-18(10-13)26(34-12-33-19)35-15-2-3-15/h1,6-10,12,15,17H,2-5,11H2,(H,33,34,35). The number of nitrogens with zero attached hydrogens (tertiary/aromatic N) is 4. The maximum atomic E-state index is 14.5. The third kappa shape index (κ3) is 4.69. The molecule has 6 rings (SSSR count). The number of rotatable bonds is 8. The third-order valence-electron chi connectivity index (χ3n) is 6.71. The summed E-state index contributed by atoms with van der Waals surface area (Å²) in [6, 6.07) is 8.58. The predicted octanol–water partition coefficient (Wildman–Crippen LogP) is 5.31. The third-order valence-corrected chi connectivity index (χ3v) is 8.63. The van der Waals surface area contributed by atoms with Gasteiger partial charge in [0.15, 0.2) is 28.2 Å². The Morgan fingerprint density at radius 2 is 1.49 bits per heavy atom. The Morgan fingerprint density at radius 3 is 2.15 bits per heavy atom. The quantitative estimate of drug-likeness (QED) is 0.178. The number of pyridine rings is 1. The second-order valence-electron chi connectivity index (χ2n) is 9.59. The maximum Gasteiger partial charge on any atom is 0.249 e. The molecule has 13 heteroatoms. The molecule has 1 N–H and O–H groups in total. The fraction of sp³-hybridized carbons (Fsp3) is 0.269. The molecule has 2 aromatic heterocycles. The van der Waals surface area contributed by atoms with Gasteiger partial charge in [-0.1, -0.05) is 6.07 Å². The van der Waals surface area contributed by atoms with Crippen LogP contribution in [0.25, 0.3) is 22.0 Å². The van der Waals surface area contributed by atoms with E-state index in [9.17, 15) is 30.4 Å². The summed E-state index contributed by atoms with van der Waals surface area (Å²) in [5.41, 5.74) is 2.40. The minimum absolute atomic E-state index is 0.229. The Morgan fingerprint density at radius 1 is 0.821 bits per heavy atom. The predicted molar refractivity (Wildman–Crippen MR) is 131 cm³/mol. The van der Waals surface area contributed by atoms with Crippen LogP contribution < -0.4 is 5.32 Å². The van der Waals surface area contributed by atoms with Gasteiger partial charge in [-0.25, -0.2) is 40.3 Å². The Hall–Kier alpha value is -3.71. The molecular weight excluding hydrogens is 541 g/mol. The average molecular weight is 562 g/mol. The molecule has 2 heterocycles. The number of hydrogen-bond donors (Lipinski definition) is 1. The largest absolute Gasteiger partial charge is 0.367 e. The Labute approximate surface area is 219 Å². The van der Waals surface area contributed by atoms with E-state index in [1.807, 2.05) is 18.2 Å². The number of anilines is 1. The van der Waals surface area contributed by atoms with E-state index in [1.54, 1.807) is 12.1 Å². The fourth-order valence-electron chi connectivity index (χ4n) is 4.38. The molecule has 2 aromatic carbocycles. The molecule has 2 aliphatic rings. The Bertz CT molecular complexity index is 1700. The molecule has 0 amide bonds. The highest BCUT2D eigenvalue weighted by Gasteiger charge is 2.43. The van der Waals surface area contributed by atoms with E-state index >= 15 is 0 Å². The van der Waals surface area contributed by atoms with Crippen molar-refractivity contribution in [3.8, 4) is 11.1 Å². The van der Waals surface area contributed by atoms with Gasteiger partial charge in [0.25, 0.3) is 0 Å². The lowest BCUT2D eigenvalue weighted by molar-refractivity contribution is 0.345. The topological polar surface area (TPSA) is 88.1 Å². The summed E-state index contributed by atoms with van der Waals surface area (Å²) in [7, 11) is -5.10. The summed E-state index contributed by atoms with van der Waals surface area (Å²) in [4.78, 5) is 11.0. The SMILES string of the molecule is O=S(=O)(c1c(F)c(F)c(F)c(F)c1F)N(Cc1cc(-c2ccc3ncnc(NC4CC4)c3c2)ccn1)C1CC1. The van der Waals surface area contributed by atoms with E-state index < -0.39 is 56.6 Å². The van der Waals surface area contributed by atoms with Crippen molar-refractivity contribution < 1.29 is 30.4 Å². The first-order valence-corrected chi connectivity index (χ1v) is 13.6. The van der Waals surface area contributed by atoms with Gasteiger partial charge in [-0.3, -0.25) is 4.98 Å². The normalized spacial score (nSPS) is 15.7. The van der Waals surface area contributed by atoms with E-state index in [4.69, 9.17) is 0 Å². The van der Waals surface area contributed by atoms with Gasteiger partial charge in [0.05, 0.1) is 17.8 Å². The van der Waals surface area contributed by atoms with Gasteiger partial charge in [0.2, 0.25) is 15.8 Å². The van der Waals surface area contributed by atoms with Crippen molar-refractivity contribution in [1.29, 1.82) is 0 Å². The van der Waals surface area contributed by atoms with Crippen LogP contribution in [0.4, 0.5) is 27.8 Å². The second-order valence-corrected chi connectivity index (χ2v) is 11.4. The van der Waals surface area contributed by atoms with Gasteiger partial charge >= 0.3 is 0 Å². The summed E-state index contributed by atoms with van der Waals surface area (Å²) in [6.45, 7) is -0.425. The maximum absolute atomic E-state index is 14.5. The lowest BCUT2D eigenvalue weighted by Gasteiger charge is -2.22. The minimum Gasteiger partial charge on any atom is -0.367 e. The average Bonchev–Trinajstić information content (AvgIpc) is 3.85. The summed E-state index contributed by atoms with van der Waals surface area (Å²) in [5, 5.41) is 4.17. The lowest BCUT2D eigenvalue weighted by Crippen LogP contribution is -2.34. The molecule has 0 unspecified atom stereocenters. The number of aromatic nitrogens is 3. The highest BCUT2D eigenvalue weighted by atomic mass is 32.2. The molecule has 0 saturated heterocycles. The van der Waals surface area contributed by atoms with Crippen molar-refractivity contribution in [1.82, 2.24) is 19.3 Å². The van der Waals surface area contributed by atoms with E-state index in [0.29, 0.717) is 30.3 Å². The fourth-order valence-corrected chi connectivity index (χ4v) is 6.15. The first kappa shape index (κ1) is 25.6. The first-order valence-electron chi connectivity index (χ1n) is 12.1. The smallest absolute Gasteiger partial charge is 0.249 e. The summed E-state index contributed by atoms with van der Waals surface area (Å²) < 4.78 is 97.3. The Balaban J connectivity index is 1.35. The molecule has 202 valence electrons. The van der Waals surface area contributed by atoms with Crippen molar-refractivity contribution in [3.63, 3.8) is 0 Å². The number of hydrogen-bond acceptors (Lipinski definition) is 6.